The maximum atomic E-state index is 12.2. The number of carbonyl (C=O) groups is 3. The number of benzene rings is 1. The number of rotatable bonds is 4. The van der Waals surface area contributed by atoms with E-state index in [2.05, 4.69) is 4.98 Å². The Morgan fingerprint density at radius 2 is 1.73 bits per heavy atom. The minimum absolute atomic E-state index is 0.0682. The highest BCUT2D eigenvalue weighted by atomic mass is 35.5. The number of carbonyl (C=O) groups excluding carboxylic acids is 3. The lowest BCUT2D eigenvalue weighted by Crippen LogP contribution is -2.35. The van der Waals surface area contributed by atoms with E-state index in [-0.39, 0.29) is 6.61 Å². The summed E-state index contributed by atoms with van der Waals surface area (Å²) in [5, 5.41) is 0.559. The highest BCUT2D eigenvalue weighted by Crippen LogP contribution is 2.22. The first-order chi connectivity index (χ1) is 12.5. The van der Waals surface area contributed by atoms with Crippen molar-refractivity contribution in [3.63, 3.8) is 0 Å². The van der Waals surface area contributed by atoms with Crippen LogP contribution in [-0.2, 0) is 16.1 Å². The molecule has 1 aliphatic rings. The summed E-state index contributed by atoms with van der Waals surface area (Å²) in [6.45, 7) is -0.507. The Morgan fingerprint density at radius 1 is 1.04 bits per heavy atom. The smallest absolute Gasteiger partial charge is 0.326 e. The molecule has 0 aliphatic carbocycles. The van der Waals surface area contributed by atoms with E-state index in [1.807, 2.05) is 0 Å². The van der Waals surface area contributed by atoms with Gasteiger partial charge in [0.2, 0.25) is 0 Å². The number of aromatic nitrogens is 2. The molecule has 0 radical (unpaired) electrons. The topological polar surface area (TPSA) is 81.0 Å². The molecule has 0 N–H and O–H groups in total. The van der Waals surface area contributed by atoms with Crippen LogP contribution in [0.2, 0.25) is 5.02 Å². The van der Waals surface area contributed by atoms with E-state index in [9.17, 15) is 14.4 Å². The number of fused-ring (bicyclic) bond motifs is 2. The van der Waals surface area contributed by atoms with Crippen LogP contribution in [0.15, 0.2) is 48.8 Å². The molecular formula is C18H12ClN3O4. The molecule has 0 saturated carbocycles. The standard InChI is InChI=1S/C18H12ClN3O4/c19-11-5-6-15-20-12(8-21(15)7-11)10-26-16(23)9-22-17(24)13-3-1-2-4-14(13)18(22)25/h1-8H,9-10H2. The predicted octanol–water partition coefficient (Wildman–Crippen LogP) is 2.33. The van der Waals surface area contributed by atoms with Gasteiger partial charge in [-0.25, -0.2) is 4.98 Å². The van der Waals surface area contributed by atoms with Gasteiger partial charge in [0, 0.05) is 12.4 Å². The number of imide groups is 1. The molecule has 26 heavy (non-hydrogen) atoms. The Hall–Kier alpha value is -3.19. The van der Waals surface area contributed by atoms with E-state index in [1.165, 1.54) is 0 Å². The number of hydrogen-bond acceptors (Lipinski definition) is 5. The first-order valence-electron chi connectivity index (χ1n) is 7.77. The molecule has 2 amide bonds. The quantitative estimate of drug-likeness (QED) is 0.521. The maximum Gasteiger partial charge on any atom is 0.326 e. The minimum Gasteiger partial charge on any atom is -0.458 e. The van der Waals surface area contributed by atoms with Gasteiger partial charge in [0.05, 0.1) is 21.8 Å². The van der Waals surface area contributed by atoms with Gasteiger partial charge in [-0.1, -0.05) is 23.7 Å². The summed E-state index contributed by atoms with van der Waals surface area (Å²) in [6.07, 6.45) is 3.38. The summed E-state index contributed by atoms with van der Waals surface area (Å²) >= 11 is 5.91. The zero-order valence-corrected chi connectivity index (χ0v) is 14.1. The molecule has 0 fully saturated rings. The van der Waals surface area contributed by atoms with E-state index in [0.717, 1.165) is 4.90 Å². The molecule has 0 bridgehead atoms. The van der Waals surface area contributed by atoms with Crippen LogP contribution in [0.1, 0.15) is 26.4 Å². The Morgan fingerprint density at radius 3 is 2.42 bits per heavy atom. The van der Waals surface area contributed by atoms with Crippen molar-refractivity contribution in [2.24, 2.45) is 0 Å². The highest BCUT2D eigenvalue weighted by molar-refractivity contribution is 6.30. The molecule has 130 valence electrons. The number of amides is 2. The van der Waals surface area contributed by atoms with Gasteiger partial charge >= 0.3 is 5.97 Å². The van der Waals surface area contributed by atoms with Crippen molar-refractivity contribution in [1.29, 1.82) is 0 Å². The van der Waals surface area contributed by atoms with Crippen LogP contribution in [0.5, 0.6) is 0 Å². The van der Waals surface area contributed by atoms with Gasteiger partial charge in [0.1, 0.15) is 18.8 Å². The normalized spacial score (nSPS) is 13.3. The van der Waals surface area contributed by atoms with Crippen molar-refractivity contribution in [1.82, 2.24) is 14.3 Å². The Balaban J connectivity index is 1.41. The number of nitrogens with zero attached hydrogens (tertiary/aromatic N) is 3. The third-order valence-corrected chi connectivity index (χ3v) is 4.23. The molecule has 0 spiro atoms. The summed E-state index contributed by atoms with van der Waals surface area (Å²) in [4.78, 5) is 41.7. The van der Waals surface area contributed by atoms with Crippen LogP contribution in [0.4, 0.5) is 0 Å². The average molecular weight is 370 g/mol. The van der Waals surface area contributed by atoms with E-state index < -0.39 is 24.3 Å². The lowest BCUT2D eigenvalue weighted by molar-refractivity contribution is -0.145. The van der Waals surface area contributed by atoms with Crippen molar-refractivity contribution >= 4 is 35.0 Å². The fraction of sp³-hybridized carbons (Fsp3) is 0.111. The van der Waals surface area contributed by atoms with E-state index in [0.29, 0.717) is 27.5 Å². The van der Waals surface area contributed by atoms with Crippen LogP contribution < -0.4 is 0 Å². The maximum absolute atomic E-state index is 12.2. The average Bonchev–Trinajstić information content (AvgIpc) is 3.14. The zero-order chi connectivity index (χ0) is 18.3. The predicted molar refractivity (Wildman–Crippen MR) is 91.8 cm³/mol. The largest absolute Gasteiger partial charge is 0.458 e. The monoisotopic (exact) mass is 369 g/mol. The highest BCUT2D eigenvalue weighted by Gasteiger charge is 2.36. The molecule has 8 heteroatoms. The number of esters is 1. The molecule has 7 nitrogen and oxygen atoms in total. The third kappa shape index (κ3) is 2.82. The lowest BCUT2D eigenvalue weighted by Gasteiger charge is -2.12. The second-order valence-electron chi connectivity index (χ2n) is 5.75. The van der Waals surface area contributed by atoms with Gasteiger partial charge in [-0.2, -0.15) is 0 Å². The second-order valence-corrected chi connectivity index (χ2v) is 6.18. The zero-order valence-electron chi connectivity index (χ0n) is 13.4. The Bertz CT molecular complexity index is 1020. The van der Waals surface area contributed by atoms with E-state index >= 15 is 0 Å². The summed E-state index contributed by atoms with van der Waals surface area (Å²) in [7, 11) is 0. The van der Waals surface area contributed by atoms with Crippen molar-refractivity contribution in [2.75, 3.05) is 6.54 Å². The number of halogens is 1. The van der Waals surface area contributed by atoms with Crippen LogP contribution in [-0.4, -0.2) is 38.6 Å². The molecule has 1 aromatic carbocycles. The fourth-order valence-electron chi connectivity index (χ4n) is 2.80. The van der Waals surface area contributed by atoms with Crippen LogP contribution in [0.25, 0.3) is 5.65 Å². The molecule has 2 aromatic heterocycles. The van der Waals surface area contributed by atoms with Crippen molar-refractivity contribution in [3.8, 4) is 0 Å². The minimum atomic E-state index is -0.686. The van der Waals surface area contributed by atoms with E-state index in [4.69, 9.17) is 16.3 Å². The Kier molecular flexibility index (Phi) is 3.93. The molecule has 0 saturated heterocycles. The SMILES string of the molecule is O=C(CN1C(=O)c2ccccc2C1=O)OCc1cn2cc(Cl)ccc2n1. The molecule has 4 rings (SSSR count). The molecule has 0 atom stereocenters. The molecule has 3 heterocycles. The number of imidazole rings is 1. The molecule has 1 aliphatic heterocycles. The van der Waals surface area contributed by atoms with Gasteiger partial charge in [-0.3, -0.25) is 19.3 Å². The summed E-state index contributed by atoms with van der Waals surface area (Å²) in [5.41, 5.74) is 1.79. The molecule has 3 aromatic rings. The Labute approximate surface area is 152 Å². The third-order valence-electron chi connectivity index (χ3n) is 4.01. The van der Waals surface area contributed by atoms with Crippen molar-refractivity contribution in [3.05, 3.63) is 70.6 Å². The van der Waals surface area contributed by atoms with Gasteiger partial charge < -0.3 is 9.14 Å². The fourth-order valence-corrected chi connectivity index (χ4v) is 2.97. The van der Waals surface area contributed by atoms with Gasteiger partial charge in [-0.15, -0.1) is 0 Å². The number of hydrogen-bond donors (Lipinski definition) is 0. The summed E-state index contributed by atoms with van der Waals surface area (Å²) < 4.78 is 6.87. The van der Waals surface area contributed by atoms with Crippen LogP contribution in [0.3, 0.4) is 0 Å². The van der Waals surface area contributed by atoms with Crippen LogP contribution in [0, 0.1) is 0 Å². The van der Waals surface area contributed by atoms with Gasteiger partial charge in [0.15, 0.2) is 0 Å². The molecule has 0 unspecified atom stereocenters. The summed E-state index contributed by atoms with van der Waals surface area (Å²) in [6, 6.07) is 9.91. The van der Waals surface area contributed by atoms with Crippen molar-refractivity contribution in [2.45, 2.75) is 6.61 Å². The first-order valence-corrected chi connectivity index (χ1v) is 8.15. The summed E-state index contributed by atoms with van der Waals surface area (Å²) in [5.74, 6) is -1.68. The first kappa shape index (κ1) is 16.3. The second kappa shape index (κ2) is 6.27. The number of ether oxygens (including phenoxy) is 1. The van der Waals surface area contributed by atoms with Crippen LogP contribution >= 0.6 is 11.6 Å². The van der Waals surface area contributed by atoms with Gasteiger partial charge in [-0.05, 0) is 24.3 Å². The van der Waals surface area contributed by atoms with Crippen molar-refractivity contribution < 1.29 is 19.1 Å². The number of pyridine rings is 1. The lowest BCUT2D eigenvalue weighted by atomic mass is 10.1. The van der Waals surface area contributed by atoms with Gasteiger partial charge in [0.25, 0.3) is 11.8 Å². The molecular weight excluding hydrogens is 358 g/mol. The van der Waals surface area contributed by atoms with E-state index in [1.54, 1.807) is 53.2 Å².